The van der Waals surface area contributed by atoms with E-state index in [2.05, 4.69) is 0 Å². The predicted octanol–water partition coefficient (Wildman–Crippen LogP) is 1.38. The maximum absolute atomic E-state index is 11.7. The second-order valence-corrected chi connectivity index (χ2v) is 6.61. The molecule has 0 heterocycles. The molecule has 0 N–H and O–H groups in total. The number of carbonyl (C=O) groups excluding carboxylic acids is 1. The van der Waals surface area contributed by atoms with Crippen LogP contribution in [0.2, 0.25) is 5.54 Å². The molecule has 4 nitrogen and oxygen atoms in total. The second kappa shape index (κ2) is 5.02. The molecule has 1 atom stereocenters. The molecule has 14 heavy (non-hydrogen) atoms. The van der Waals surface area contributed by atoms with Gasteiger partial charge in [0.2, 0.25) is 0 Å². The van der Waals surface area contributed by atoms with Gasteiger partial charge in [-0.15, -0.1) is 0 Å². The van der Waals surface area contributed by atoms with Crippen LogP contribution in [0.3, 0.4) is 0 Å². The molecular weight excluding hydrogens is 200 g/mol. The third-order valence-electron chi connectivity index (χ3n) is 2.83. The van der Waals surface area contributed by atoms with E-state index in [9.17, 15) is 4.79 Å². The highest BCUT2D eigenvalue weighted by molar-refractivity contribution is 6.66. The third kappa shape index (κ3) is 2.05. The number of hydrogen-bond donors (Lipinski definition) is 0. The molecule has 0 spiro atoms. The van der Waals surface area contributed by atoms with Crippen LogP contribution < -0.4 is 0 Å². The van der Waals surface area contributed by atoms with E-state index < -0.39 is 8.80 Å². The minimum Gasteiger partial charge on any atom is -0.376 e. The Morgan fingerprint density at radius 1 is 1.14 bits per heavy atom. The zero-order valence-corrected chi connectivity index (χ0v) is 10.0. The van der Waals surface area contributed by atoms with E-state index in [-0.39, 0.29) is 11.3 Å². The Morgan fingerprint density at radius 2 is 1.71 bits per heavy atom. The van der Waals surface area contributed by atoms with Crippen molar-refractivity contribution in [2.75, 3.05) is 21.3 Å². The number of Topliss-reactive ketones (excluding diaryl/α,β-unsaturated/α-hetero) is 1. The van der Waals surface area contributed by atoms with Crippen LogP contribution in [0, 0.1) is 0 Å². The minimum absolute atomic E-state index is 0.156. The Bertz CT molecular complexity index is 195. The van der Waals surface area contributed by atoms with Gasteiger partial charge in [-0.05, 0) is 12.8 Å². The molecule has 1 unspecified atom stereocenters. The van der Waals surface area contributed by atoms with Crippen molar-refractivity contribution in [2.45, 2.75) is 31.2 Å². The zero-order valence-electron chi connectivity index (χ0n) is 9.04. The molecular formula is C9H18O4Si. The van der Waals surface area contributed by atoms with Gasteiger partial charge in [-0.25, -0.2) is 0 Å². The van der Waals surface area contributed by atoms with Crippen LogP contribution in [0.1, 0.15) is 25.7 Å². The molecule has 0 aromatic rings. The van der Waals surface area contributed by atoms with Gasteiger partial charge in [-0.3, -0.25) is 4.79 Å². The van der Waals surface area contributed by atoms with Gasteiger partial charge in [0.25, 0.3) is 0 Å². The van der Waals surface area contributed by atoms with Crippen LogP contribution in [0.5, 0.6) is 0 Å². The van der Waals surface area contributed by atoms with Crippen LogP contribution in [0.4, 0.5) is 0 Å². The van der Waals surface area contributed by atoms with E-state index in [1.54, 1.807) is 21.3 Å². The van der Waals surface area contributed by atoms with Crippen molar-refractivity contribution in [1.29, 1.82) is 0 Å². The van der Waals surface area contributed by atoms with Crippen molar-refractivity contribution < 1.29 is 18.1 Å². The van der Waals surface area contributed by atoms with E-state index in [1.165, 1.54) is 0 Å². The Balaban J connectivity index is 2.79. The topological polar surface area (TPSA) is 44.8 Å². The summed E-state index contributed by atoms with van der Waals surface area (Å²) >= 11 is 0. The SMILES string of the molecule is CO[Si](OC)(OC)C1CCCCC1=O. The molecule has 1 aliphatic carbocycles. The summed E-state index contributed by atoms with van der Waals surface area (Å²) in [5.41, 5.74) is -0.156. The maximum Gasteiger partial charge on any atom is 0.511 e. The molecule has 0 saturated heterocycles. The van der Waals surface area contributed by atoms with Crippen LogP contribution >= 0.6 is 0 Å². The molecule has 1 rings (SSSR count). The summed E-state index contributed by atoms with van der Waals surface area (Å²) in [7, 11) is 1.94. The molecule has 1 fully saturated rings. The fourth-order valence-electron chi connectivity index (χ4n) is 2.03. The van der Waals surface area contributed by atoms with Gasteiger partial charge in [0, 0.05) is 27.8 Å². The quantitative estimate of drug-likeness (QED) is 0.669. The number of rotatable bonds is 4. The summed E-state index contributed by atoms with van der Waals surface area (Å²) in [6.07, 6.45) is 3.51. The van der Waals surface area contributed by atoms with Crippen LogP contribution in [0.15, 0.2) is 0 Å². The molecule has 1 aliphatic rings. The van der Waals surface area contributed by atoms with Crippen molar-refractivity contribution in [3.8, 4) is 0 Å². The smallest absolute Gasteiger partial charge is 0.376 e. The summed E-state index contributed by atoms with van der Waals surface area (Å²) < 4.78 is 16.0. The average molecular weight is 218 g/mol. The fraction of sp³-hybridized carbons (Fsp3) is 0.889. The second-order valence-electron chi connectivity index (χ2n) is 3.48. The van der Waals surface area contributed by atoms with E-state index in [1.807, 2.05) is 0 Å². The van der Waals surface area contributed by atoms with Gasteiger partial charge in [-0.1, -0.05) is 6.42 Å². The normalized spacial score (nSPS) is 23.9. The largest absolute Gasteiger partial charge is 0.511 e. The van der Waals surface area contributed by atoms with Gasteiger partial charge >= 0.3 is 8.80 Å². The van der Waals surface area contributed by atoms with E-state index in [4.69, 9.17) is 13.3 Å². The van der Waals surface area contributed by atoms with E-state index >= 15 is 0 Å². The summed E-state index contributed by atoms with van der Waals surface area (Å²) in [6, 6.07) is 0. The van der Waals surface area contributed by atoms with Gasteiger partial charge < -0.3 is 13.3 Å². The van der Waals surface area contributed by atoms with Crippen molar-refractivity contribution in [1.82, 2.24) is 0 Å². The Morgan fingerprint density at radius 3 is 2.14 bits per heavy atom. The standard InChI is InChI=1S/C9H18O4Si/c1-11-14(12-2,13-3)9-7-5-4-6-8(9)10/h9H,4-7H2,1-3H3. The Hall–Kier alpha value is -0.233. The summed E-state index contributed by atoms with van der Waals surface area (Å²) in [4.78, 5) is 11.7. The lowest BCUT2D eigenvalue weighted by molar-refractivity contribution is -0.121. The lowest BCUT2D eigenvalue weighted by atomic mass is 9.99. The molecule has 0 amide bonds. The van der Waals surface area contributed by atoms with Crippen molar-refractivity contribution in [2.24, 2.45) is 0 Å². The molecule has 0 aliphatic heterocycles. The molecule has 5 heteroatoms. The first-order chi connectivity index (χ1) is 6.70. The predicted molar refractivity (Wildman–Crippen MR) is 54.0 cm³/mol. The highest BCUT2D eigenvalue weighted by atomic mass is 28.4. The number of hydrogen-bond acceptors (Lipinski definition) is 4. The van der Waals surface area contributed by atoms with E-state index in [0.717, 1.165) is 19.3 Å². The molecule has 0 bridgehead atoms. The monoisotopic (exact) mass is 218 g/mol. The lowest BCUT2D eigenvalue weighted by Gasteiger charge is -2.33. The van der Waals surface area contributed by atoms with Crippen LogP contribution in [-0.4, -0.2) is 35.9 Å². The Kier molecular flexibility index (Phi) is 4.24. The molecule has 1 saturated carbocycles. The van der Waals surface area contributed by atoms with Crippen molar-refractivity contribution in [3.05, 3.63) is 0 Å². The molecule has 0 aromatic heterocycles. The first-order valence-electron chi connectivity index (χ1n) is 4.88. The number of ketones is 1. The summed E-state index contributed by atoms with van der Waals surface area (Å²) in [6.45, 7) is 0. The first kappa shape index (κ1) is 11.8. The van der Waals surface area contributed by atoms with Crippen molar-refractivity contribution >= 4 is 14.6 Å². The average Bonchev–Trinajstić information content (AvgIpc) is 2.24. The first-order valence-corrected chi connectivity index (χ1v) is 6.68. The summed E-state index contributed by atoms with van der Waals surface area (Å²) in [5.74, 6) is 0.230. The molecule has 0 aromatic carbocycles. The lowest BCUT2D eigenvalue weighted by Crippen LogP contribution is -2.51. The highest BCUT2D eigenvalue weighted by Gasteiger charge is 2.51. The third-order valence-corrected chi connectivity index (χ3v) is 6.01. The van der Waals surface area contributed by atoms with Gasteiger partial charge in [0.15, 0.2) is 0 Å². The number of carbonyl (C=O) groups is 1. The van der Waals surface area contributed by atoms with Gasteiger partial charge in [-0.2, -0.15) is 0 Å². The zero-order chi connectivity index (χ0) is 10.6. The minimum atomic E-state index is -2.73. The van der Waals surface area contributed by atoms with E-state index in [0.29, 0.717) is 6.42 Å². The molecule has 82 valence electrons. The highest BCUT2D eigenvalue weighted by Crippen LogP contribution is 2.35. The fourth-order valence-corrected chi connectivity index (χ4v) is 4.48. The summed E-state index contributed by atoms with van der Waals surface area (Å²) in [5, 5.41) is 0. The molecule has 0 radical (unpaired) electrons. The maximum atomic E-state index is 11.7. The Labute approximate surface area is 85.9 Å². The van der Waals surface area contributed by atoms with Crippen LogP contribution in [-0.2, 0) is 18.1 Å². The van der Waals surface area contributed by atoms with Gasteiger partial charge in [0.1, 0.15) is 5.78 Å². The van der Waals surface area contributed by atoms with Crippen molar-refractivity contribution in [3.63, 3.8) is 0 Å². The van der Waals surface area contributed by atoms with Crippen LogP contribution in [0.25, 0.3) is 0 Å². The van der Waals surface area contributed by atoms with Gasteiger partial charge in [0.05, 0.1) is 5.54 Å².